The van der Waals surface area contributed by atoms with Gasteiger partial charge in [-0.2, -0.15) is 5.10 Å². The minimum absolute atomic E-state index is 0.0144. The number of aromatic nitrogens is 5. The van der Waals surface area contributed by atoms with Crippen molar-refractivity contribution in [3.8, 4) is 11.4 Å². The second kappa shape index (κ2) is 9.98. The summed E-state index contributed by atoms with van der Waals surface area (Å²) in [7, 11) is 0. The van der Waals surface area contributed by atoms with Gasteiger partial charge in [-0.3, -0.25) is 4.79 Å². The predicted octanol–water partition coefficient (Wildman–Crippen LogP) is 5.28. The quantitative estimate of drug-likeness (QED) is 0.310. The Morgan fingerprint density at radius 2 is 2.14 bits per heavy atom. The highest BCUT2D eigenvalue weighted by Crippen LogP contribution is 2.32. The van der Waals surface area contributed by atoms with Crippen molar-refractivity contribution in [1.29, 1.82) is 0 Å². The van der Waals surface area contributed by atoms with Gasteiger partial charge in [-0.1, -0.05) is 23.7 Å². The van der Waals surface area contributed by atoms with Crippen molar-refractivity contribution in [2.24, 2.45) is 0 Å². The number of hydrogen-bond donors (Lipinski definition) is 1. The first-order valence-electron chi connectivity index (χ1n) is 11.7. The number of benzene rings is 2. The number of carbonyl (C=O) groups excluding carboxylic acids is 1. The summed E-state index contributed by atoms with van der Waals surface area (Å²) in [5, 5.41) is 7.69. The molecule has 0 saturated heterocycles. The lowest BCUT2D eigenvalue weighted by Gasteiger charge is -2.20. The number of fused-ring (bicyclic) bond motifs is 1. The first-order valence-corrected chi connectivity index (χ1v) is 11.6. The van der Waals surface area contributed by atoms with E-state index in [1.165, 1.54) is 13.3 Å². The third-order valence-electron chi connectivity index (χ3n) is 5.76. The molecule has 3 aromatic heterocycles. The predicted molar refractivity (Wildman–Crippen MR) is 134 cm³/mol. The van der Waals surface area contributed by atoms with Gasteiger partial charge in [-0.05, 0) is 50.6 Å². The van der Waals surface area contributed by atoms with Crippen LogP contribution in [0, 0.1) is 19.7 Å². The molecule has 0 unspecified atom stereocenters. The van der Waals surface area contributed by atoms with E-state index >= 15 is 0 Å². The fourth-order valence-electron chi connectivity index (χ4n) is 4.02. The molecule has 0 bridgehead atoms. The fourth-order valence-corrected chi connectivity index (χ4v) is 4.28. The first-order chi connectivity index (χ1) is 18.1. The Bertz CT molecular complexity index is 1650. The highest BCUT2D eigenvalue weighted by atomic mass is 35.5. The van der Waals surface area contributed by atoms with Gasteiger partial charge in [0, 0.05) is 16.6 Å². The number of oxazole rings is 1. The van der Waals surface area contributed by atoms with Crippen LogP contribution in [0.15, 0.2) is 59.8 Å². The Morgan fingerprint density at radius 3 is 2.86 bits per heavy atom. The summed E-state index contributed by atoms with van der Waals surface area (Å²) in [4.78, 5) is 25.2. The lowest BCUT2D eigenvalue weighted by atomic mass is 10.0. The van der Waals surface area contributed by atoms with Crippen molar-refractivity contribution in [2.45, 2.75) is 33.4 Å². The zero-order chi connectivity index (χ0) is 27.0. The lowest BCUT2D eigenvalue weighted by Crippen LogP contribution is -2.28. The molecule has 5 aromatic rings. The second-order valence-corrected chi connectivity index (χ2v) is 8.72. The molecule has 3 heterocycles. The number of hydrogen-bond acceptors (Lipinski definition) is 7. The number of aryl methyl sites for hydroxylation is 2. The molecule has 1 atom stereocenters. The fraction of sp³-hybridized carbons (Fsp3) is 0.192. The standard InChI is InChI=1S/C26H22ClFN6O3/c1-14-7-23(34-16(3)29-12-31-34)18-5-4-6-24(25(18)32-14)37-10-20-19(8-17(28)9-21(20)27)15(2)33-26(35)22-11-36-13-30-22/h4-9,11-13,15H,10H2,1-3H3,(H,33,35)/t15-/m0/s1/i15D. The molecule has 188 valence electrons. The van der Waals surface area contributed by atoms with Gasteiger partial charge >= 0.3 is 0 Å². The Labute approximate surface area is 217 Å². The highest BCUT2D eigenvalue weighted by molar-refractivity contribution is 6.31. The Hall–Kier alpha value is -4.31. The van der Waals surface area contributed by atoms with Gasteiger partial charge < -0.3 is 14.5 Å². The maximum atomic E-state index is 14.4. The van der Waals surface area contributed by atoms with Crippen LogP contribution in [0.25, 0.3) is 16.6 Å². The Balaban J connectivity index is 1.51. The van der Waals surface area contributed by atoms with Gasteiger partial charge in [-0.15, -0.1) is 0 Å². The van der Waals surface area contributed by atoms with Gasteiger partial charge in [0.25, 0.3) is 5.91 Å². The number of carbonyl (C=O) groups is 1. The number of nitrogens with zero attached hydrogens (tertiary/aromatic N) is 5. The third-order valence-corrected chi connectivity index (χ3v) is 6.09. The summed E-state index contributed by atoms with van der Waals surface area (Å²) in [6, 6.07) is 7.91. The molecule has 0 spiro atoms. The smallest absolute Gasteiger partial charge is 0.273 e. The van der Waals surface area contributed by atoms with E-state index in [0.29, 0.717) is 22.7 Å². The lowest BCUT2D eigenvalue weighted by molar-refractivity contribution is 0.0934. The number of halogens is 2. The summed E-state index contributed by atoms with van der Waals surface area (Å²) in [6.07, 6.45) is 3.73. The minimum atomic E-state index is -1.77. The molecule has 0 radical (unpaired) electrons. The molecule has 0 fully saturated rings. The number of ether oxygens (including phenoxy) is 1. The highest BCUT2D eigenvalue weighted by Gasteiger charge is 2.20. The van der Waals surface area contributed by atoms with Crippen molar-refractivity contribution >= 4 is 28.4 Å². The number of para-hydroxylation sites is 1. The molecule has 1 amide bonds. The van der Waals surface area contributed by atoms with Crippen LogP contribution in [0.3, 0.4) is 0 Å². The van der Waals surface area contributed by atoms with Crippen LogP contribution in [0.4, 0.5) is 4.39 Å². The second-order valence-electron chi connectivity index (χ2n) is 8.31. The molecular formula is C26H22ClFN6O3. The molecule has 11 heteroatoms. The summed E-state index contributed by atoms with van der Waals surface area (Å²) < 4.78 is 35.9. The largest absolute Gasteiger partial charge is 0.487 e. The maximum absolute atomic E-state index is 14.4. The number of amides is 1. The Kier molecular flexibility index (Phi) is 6.23. The molecule has 37 heavy (non-hydrogen) atoms. The normalized spacial score (nSPS) is 13.3. The van der Waals surface area contributed by atoms with Gasteiger partial charge in [0.05, 0.1) is 18.1 Å². The molecule has 2 aromatic carbocycles. The van der Waals surface area contributed by atoms with Crippen molar-refractivity contribution in [3.63, 3.8) is 0 Å². The van der Waals surface area contributed by atoms with E-state index in [4.69, 9.17) is 22.1 Å². The van der Waals surface area contributed by atoms with E-state index in [9.17, 15) is 9.18 Å². The summed E-state index contributed by atoms with van der Waals surface area (Å²) in [5.74, 6) is -0.144. The molecule has 0 aliphatic heterocycles. The van der Waals surface area contributed by atoms with E-state index in [2.05, 4.69) is 25.4 Å². The van der Waals surface area contributed by atoms with Gasteiger partial charge in [0.2, 0.25) is 0 Å². The van der Waals surface area contributed by atoms with Crippen molar-refractivity contribution in [1.82, 2.24) is 30.0 Å². The molecule has 0 saturated carbocycles. The first kappa shape index (κ1) is 23.1. The average molecular weight is 522 g/mol. The van der Waals surface area contributed by atoms with E-state index in [0.717, 1.165) is 41.6 Å². The molecule has 5 rings (SSSR count). The van der Waals surface area contributed by atoms with Gasteiger partial charge in [0.1, 0.15) is 42.1 Å². The minimum Gasteiger partial charge on any atom is -0.487 e. The number of rotatable bonds is 7. The van der Waals surface area contributed by atoms with Crippen molar-refractivity contribution in [3.05, 3.63) is 94.6 Å². The number of nitrogens with one attached hydrogen (secondary N) is 1. The van der Waals surface area contributed by atoms with Crippen LogP contribution < -0.4 is 10.1 Å². The van der Waals surface area contributed by atoms with Crippen LogP contribution in [-0.4, -0.2) is 30.6 Å². The summed E-state index contributed by atoms with van der Waals surface area (Å²) in [6.45, 7) is 5.01. The summed E-state index contributed by atoms with van der Waals surface area (Å²) in [5.41, 5.74) is 2.58. The van der Waals surface area contributed by atoms with Crippen LogP contribution in [-0.2, 0) is 6.61 Å². The van der Waals surface area contributed by atoms with E-state index in [1.807, 2.05) is 32.0 Å². The molecule has 9 nitrogen and oxygen atoms in total. The average Bonchev–Trinajstić information content (AvgIpc) is 3.54. The van der Waals surface area contributed by atoms with Crippen LogP contribution in [0.2, 0.25) is 5.02 Å². The van der Waals surface area contributed by atoms with E-state index in [-0.39, 0.29) is 22.9 Å². The van der Waals surface area contributed by atoms with E-state index < -0.39 is 17.7 Å². The van der Waals surface area contributed by atoms with Crippen molar-refractivity contribution in [2.75, 3.05) is 0 Å². The SMILES string of the molecule is [2H][C@@](C)(NC(=O)c1cocn1)c1cc(F)cc(Cl)c1COc1cccc2c(-n3ncnc3C)cc(C)nc12. The van der Waals surface area contributed by atoms with Crippen LogP contribution in [0.5, 0.6) is 5.75 Å². The van der Waals surface area contributed by atoms with Gasteiger partial charge in [-0.25, -0.2) is 24.0 Å². The van der Waals surface area contributed by atoms with Gasteiger partial charge in [0.15, 0.2) is 12.1 Å². The van der Waals surface area contributed by atoms with Crippen LogP contribution in [0.1, 0.15) is 47.4 Å². The zero-order valence-corrected chi connectivity index (χ0v) is 20.9. The number of pyridine rings is 1. The van der Waals surface area contributed by atoms with E-state index in [1.54, 1.807) is 10.7 Å². The topological polar surface area (TPSA) is 108 Å². The zero-order valence-electron chi connectivity index (χ0n) is 21.1. The summed E-state index contributed by atoms with van der Waals surface area (Å²) >= 11 is 6.42. The monoisotopic (exact) mass is 521 g/mol. The molecule has 0 aliphatic carbocycles. The molecular weight excluding hydrogens is 499 g/mol. The molecule has 1 N–H and O–H groups in total. The molecule has 0 aliphatic rings. The Morgan fingerprint density at radius 1 is 1.30 bits per heavy atom. The maximum Gasteiger partial charge on any atom is 0.273 e. The third kappa shape index (κ3) is 4.88. The van der Waals surface area contributed by atoms with Crippen molar-refractivity contribution < 1.29 is 19.7 Å². The van der Waals surface area contributed by atoms with Crippen LogP contribution >= 0.6 is 11.6 Å².